The minimum atomic E-state index is -0.0472. The normalized spacial score (nSPS) is 12.5. The van der Waals surface area contributed by atoms with Crippen molar-refractivity contribution in [2.75, 3.05) is 27.2 Å². The van der Waals surface area contributed by atoms with Crippen molar-refractivity contribution in [1.29, 1.82) is 0 Å². The molecule has 2 N–H and O–H groups in total. The van der Waals surface area contributed by atoms with E-state index in [1.165, 1.54) is 4.88 Å². The van der Waals surface area contributed by atoms with E-state index in [0.29, 0.717) is 18.5 Å². The van der Waals surface area contributed by atoms with Gasteiger partial charge in [0.05, 0.1) is 0 Å². The maximum atomic E-state index is 11.3. The molecule has 1 atom stereocenters. The van der Waals surface area contributed by atoms with Crippen LogP contribution in [0.5, 0.6) is 0 Å². The molecular formula is C13H23N3OS. The summed E-state index contributed by atoms with van der Waals surface area (Å²) in [7, 11) is 3.48. The van der Waals surface area contributed by atoms with Gasteiger partial charge in [-0.05, 0) is 17.4 Å². The summed E-state index contributed by atoms with van der Waals surface area (Å²) in [5, 5.41) is 8.44. The van der Waals surface area contributed by atoms with E-state index in [1.54, 1.807) is 30.3 Å². The van der Waals surface area contributed by atoms with E-state index in [4.69, 9.17) is 0 Å². The van der Waals surface area contributed by atoms with Crippen molar-refractivity contribution in [3.05, 3.63) is 22.4 Å². The summed E-state index contributed by atoms with van der Waals surface area (Å²) >= 11 is 1.77. The van der Waals surface area contributed by atoms with Gasteiger partial charge in [-0.25, -0.2) is 4.79 Å². The molecule has 0 bridgehead atoms. The third-order valence-electron chi connectivity index (χ3n) is 2.69. The molecule has 1 rings (SSSR count). The van der Waals surface area contributed by atoms with Gasteiger partial charge in [-0.15, -0.1) is 11.3 Å². The summed E-state index contributed by atoms with van der Waals surface area (Å²) < 4.78 is 0. The number of carbonyl (C=O) groups is 1. The summed E-state index contributed by atoms with van der Waals surface area (Å²) in [6.45, 7) is 5.83. The summed E-state index contributed by atoms with van der Waals surface area (Å²) in [6.07, 6.45) is 0. The lowest BCUT2D eigenvalue weighted by Crippen LogP contribution is -2.39. The van der Waals surface area contributed by atoms with Gasteiger partial charge in [0, 0.05) is 38.1 Å². The van der Waals surface area contributed by atoms with Crippen molar-refractivity contribution in [3.63, 3.8) is 0 Å². The van der Waals surface area contributed by atoms with Crippen LogP contribution in [-0.4, -0.2) is 38.1 Å². The summed E-state index contributed by atoms with van der Waals surface area (Å²) in [6, 6.07) is 4.54. The number of nitrogens with zero attached hydrogens (tertiary/aromatic N) is 1. The molecule has 1 aromatic rings. The molecule has 4 nitrogen and oxygen atoms in total. The fourth-order valence-electron chi connectivity index (χ4n) is 1.69. The molecule has 18 heavy (non-hydrogen) atoms. The molecule has 0 radical (unpaired) electrons. The van der Waals surface area contributed by atoms with Crippen molar-refractivity contribution < 1.29 is 4.79 Å². The standard InChI is InChI=1S/C13H23N3OS/c1-10(2)12(11-6-5-9-18-11)14-7-8-15-13(17)16(3)4/h5-6,9-10,12,14H,7-8H2,1-4H3,(H,15,17). The Balaban J connectivity index is 2.34. The fraction of sp³-hybridized carbons (Fsp3) is 0.615. The Morgan fingerprint density at radius 2 is 2.11 bits per heavy atom. The fourth-order valence-corrected chi connectivity index (χ4v) is 2.66. The molecule has 1 unspecified atom stereocenters. The number of amides is 2. The Morgan fingerprint density at radius 3 is 2.61 bits per heavy atom. The molecule has 0 spiro atoms. The zero-order chi connectivity index (χ0) is 13.5. The number of thiophene rings is 1. The van der Waals surface area contributed by atoms with E-state index in [0.717, 1.165) is 6.54 Å². The lowest BCUT2D eigenvalue weighted by molar-refractivity contribution is 0.217. The molecule has 0 saturated heterocycles. The molecular weight excluding hydrogens is 246 g/mol. The van der Waals surface area contributed by atoms with Gasteiger partial charge in [0.2, 0.25) is 0 Å². The Bertz CT molecular complexity index is 349. The minimum Gasteiger partial charge on any atom is -0.337 e. The average molecular weight is 269 g/mol. The zero-order valence-corrected chi connectivity index (χ0v) is 12.4. The highest BCUT2D eigenvalue weighted by molar-refractivity contribution is 7.10. The highest BCUT2D eigenvalue weighted by Crippen LogP contribution is 2.25. The van der Waals surface area contributed by atoms with Crippen molar-refractivity contribution in [3.8, 4) is 0 Å². The van der Waals surface area contributed by atoms with Crippen LogP contribution in [0.25, 0.3) is 0 Å². The minimum absolute atomic E-state index is 0.0472. The maximum Gasteiger partial charge on any atom is 0.316 e. The second kappa shape index (κ2) is 7.38. The monoisotopic (exact) mass is 269 g/mol. The molecule has 0 aromatic carbocycles. The molecule has 1 aromatic heterocycles. The Kier molecular flexibility index (Phi) is 6.15. The van der Waals surface area contributed by atoms with Gasteiger partial charge in [0.1, 0.15) is 0 Å². The topological polar surface area (TPSA) is 44.4 Å². The van der Waals surface area contributed by atoms with Gasteiger partial charge >= 0.3 is 6.03 Å². The molecule has 0 saturated carbocycles. The number of rotatable bonds is 6. The zero-order valence-electron chi connectivity index (χ0n) is 11.6. The van der Waals surface area contributed by atoms with Crippen LogP contribution in [0.1, 0.15) is 24.8 Å². The third-order valence-corrected chi connectivity index (χ3v) is 3.64. The Labute approximate surface area is 113 Å². The lowest BCUT2D eigenvalue weighted by atomic mass is 10.0. The van der Waals surface area contributed by atoms with E-state index in [1.807, 2.05) is 0 Å². The van der Waals surface area contributed by atoms with Gasteiger partial charge in [-0.1, -0.05) is 19.9 Å². The number of carbonyl (C=O) groups excluding carboxylic acids is 1. The van der Waals surface area contributed by atoms with E-state index in [-0.39, 0.29) is 6.03 Å². The molecule has 5 heteroatoms. The molecule has 102 valence electrons. The third kappa shape index (κ3) is 4.66. The Hall–Kier alpha value is -1.07. The van der Waals surface area contributed by atoms with E-state index in [9.17, 15) is 4.79 Å². The molecule has 0 aliphatic heterocycles. The van der Waals surface area contributed by atoms with Crippen LogP contribution in [0.15, 0.2) is 17.5 Å². The van der Waals surface area contributed by atoms with Gasteiger partial charge in [0.25, 0.3) is 0 Å². The molecule has 0 aliphatic rings. The van der Waals surface area contributed by atoms with Crippen molar-refractivity contribution in [2.45, 2.75) is 19.9 Å². The Morgan fingerprint density at radius 1 is 1.39 bits per heavy atom. The van der Waals surface area contributed by atoms with E-state index >= 15 is 0 Å². The largest absolute Gasteiger partial charge is 0.337 e. The van der Waals surface area contributed by atoms with E-state index < -0.39 is 0 Å². The second-order valence-electron chi connectivity index (χ2n) is 4.82. The average Bonchev–Trinajstić information content (AvgIpc) is 2.81. The first-order valence-corrected chi connectivity index (χ1v) is 7.12. The van der Waals surface area contributed by atoms with Crippen LogP contribution in [0, 0.1) is 5.92 Å². The summed E-state index contributed by atoms with van der Waals surface area (Å²) in [5.41, 5.74) is 0. The smallest absolute Gasteiger partial charge is 0.316 e. The van der Waals surface area contributed by atoms with Crippen molar-refractivity contribution in [1.82, 2.24) is 15.5 Å². The first-order chi connectivity index (χ1) is 8.52. The summed E-state index contributed by atoms with van der Waals surface area (Å²) in [4.78, 5) is 14.2. The highest BCUT2D eigenvalue weighted by Gasteiger charge is 2.15. The van der Waals surface area contributed by atoms with Crippen LogP contribution >= 0.6 is 11.3 Å². The van der Waals surface area contributed by atoms with E-state index in [2.05, 4.69) is 42.0 Å². The van der Waals surface area contributed by atoms with Crippen LogP contribution in [0.4, 0.5) is 4.79 Å². The number of hydrogen-bond donors (Lipinski definition) is 2. The molecule has 0 aliphatic carbocycles. The number of nitrogens with one attached hydrogen (secondary N) is 2. The van der Waals surface area contributed by atoms with Crippen molar-refractivity contribution >= 4 is 17.4 Å². The van der Waals surface area contributed by atoms with Crippen LogP contribution < -0.4 is 10.6 Å². The van der Waals surface area contributed by atoms with Gasteiger partial charge in [-0.3, -0.25) is 0 Å². The van der Waals surface area contributed by atoms with Crippen molar-refractivity contribution in [2.24, 2.45) is 5.92 Å². The van der Waals surface area contributed by atoms with Gasteiger partial charge < -0.3 is 15.5 Å². The van der Waals surface area contributed by atoms with Crippen LogP contribution in [-0.2, 0) is 0 Å². The van der Waals surface area contributed by atoms with Gasteiger partial charge in [-0.2, -0.15) is 0 Å². The first kappa shape index (κ1) is 15.0. The van der Waals surface area contributed by atoms with Crippen LogP contribution in [0.3, 0.4) is 0 Å². The molecule has 0 fully saturated rings. The second-order valence-corrected chi connectivity index (χ2v) is 5.80. The predicted octanol–water partition coefficient (Wildman–Crippen LogP) is 2.31. The maximum absolute atomic E-state index is 11.3. The number of urea groups is 1. The SMILES string of the molecule is CC(C)C(NCCNC(=O)N(C)C)c1cccs1. The highest BCUT2D eigenvalue weighted by atomic mass is 32.1. The predicted molar refractivity (Wildman–Crippen MR) is 77.0 cm³/mol. The molecule has 1 heterocycles. The number of hydrogen-bond acceptors (Lipinski definition) is 3. The lowest BCUT2D eigenvalue weighted by Gasteiger charge is -2.21. The van der Waals surface area contributed by atoms with Gasteiger partial charge in [0.15, 0.2) is 0 Å². The molecule has 2 amide bonds. The first-order valence-electron chi connectivity index (χ1n) is 6.24. The summed E-state index contributed by atoms with van der Waals surface area (Å²) in [5.74, 6) is 0.535. The van der Waals surface area contributed by atoms with Crippen LogP contribution in [0.2, 0.25) is 0 Å². The quantitative estimate of drug-likeness (QED) is 0.778.